The Morgan fingerprint density at radius 3 is 3.00 bits per heavy atom. The van der Waals surface area contributed by atoms with E-state index in [1.165, 1.54) is 0 Å². The van der Waals surface area contributed by atoms with Gasteiger partial charge in [-0.3, -0.25) is 4.79 Å². The molecule has 1 amide bonds. The molecule has 3 rings (SSSR count). The van der Waals surface area contributed by atoms with Crippen LogP contribution in [0, 0.1) is 0 Å². The van der Waals surface area contributed by atoms with Gasteiger partial charge in [0.1, 0.15) is 5.69 Å². The van der Waals surface area contributed by atoms with Crippen molar-refractivity contribution in [3.05, 3.63) is 36.5 Å². The number of carbonyl (C=O) groups excluding carboxylic acids is 1. The Balaban J connectivity index is 2.45. The third-order valence-corrected chi connectivity index (χ3v) is 2.48. The number of pyridine rings is 1. The van der Waals surface area contributed by atoms with E-state index in [4.69, 9.17) is 0 Å². The van der Waals surface area contributed by atoms with Gasteiger partial charge < -0.3 is 5.32 Å². The second-order valence-electron chi connectivity index (χ2n) is 3.43. The van der Waals surface area contributed by atoms with Gasteiger partial charge in [-0.25, -0.2) is 0 Å². The summed E-state index contributed by atoms with van der Waals surface area (Å²) < 4.78 is 1.98. The molecule has 0 radical (unpaired) electrons. The molecule has 1 N–H and O–H groups in total. The van der Waals surface area contributed by atoms with E-state index in [0.717, 1.165) is 16.6 Å². The van der Waals surface area contributed by atoms with Gasteiger partial charge in [0.25, 0.3) is 5.91 Å². The summed E-state index contributed by atoms with van der Waals surface area (Å²) in [5, 5.41) is 4.02. The van der Waals surface area contributed by atoms with Crippen molar-refractivity contribution in [2.75, 3.05) is 5.32 Å². The van der Waals surface area contributed by atoms with Gasteiger partial charge in [0.2, 0.25) is 12.1 Å². The molecule has 0 bridgehead atoms. The second-order valence-corrected chi connectivity index (χ2v) is 3.43. The van der Waals surface area contributed by atoms with Crippen LogP contribution in [0.1, 0.15) is 0 Å². The number of amides is 1. The Morgan fingerprint density at radius 2 is 2.07 bits per heavy atom. The van der Waals surface area contributed by atoms with E-state index in [9.17, 15) is 4.79 Å². The van der Waals surface area contributed by atoms with Crippen LogP contribution < -0.4 is 9.88 Å². The summed E-state index contributed by atoms with van der Waals surface area (Å²) in [6.45, 7) is 0.411. The highest BCUT2D eigenvalue weighted by Crippen LogP contribution is 2.21. The highest BCUT2D eigenvalue weighted by Gasteiger charge is 2.22. The number of hydrogen-bond donors (Lipinski definition) is 1. The van der Waals surface area contributed by atoms with E-state index < -0.39 is 0 Å². The van der Waals surface area contributed by atoms with Crippen LogP contribution in [-0.2, 0) is 11.3 Å². The lowest BCUT2D eigenvalue weighted by Gasteiger charge is -2.11. The van der Waals surface area contributed by atoms with Crippen LogP contribution >= 0.6 is 0 Å². The molecule has 3 heteroatoms. The van der Waals surface area contributed by atoms with Crippen LogP contribution in [0.25, 0.3) is 10.9 Å². The van der Waals surface area contributed by atoms with Crippen LogP contribution in [0.3, 0.4) is 0 Å². The molecule has 0 saturated heterocycles. The molecular formula is C11H9N2O+. The molecule has 1 aromatic carbocycles. The zero-order valence-electron chi connectivity index (χ0n) is 7.53. The van der Waals surface area contributed by atoms with Crippen LogP contribution in [0.4, 0.5) is 5.69 Å². The fourth-order valence-electron chi connectivity index (χ4n) is 1.92. The summed E-state index contributed by atoms with van der Waals surface area (Å²) in [5.74, 6) is 0.0428. The largest absolute Gasteiger partial charge is 0.315 e. The number of carbonyl (C=O) groups is 1. The van der Waals surface area contributed by atoms with Crippen LogP contribution in [0.15, 0.2) is 36.5 Å². The first-order valence-corrected chi connectivity index (χ1v) is 4.56. The molecule has 0 saturated carbocycles. The normalized spacial score (nSPS) is 14.1. The number of para-hydroxylation sites is 1. The molecule has 1 aliphatic heterocycles. The maximum absolute atomic E-state index is 11.3. The lowest BCUT2D eigenvalue weighted by Crippen LogP contribution is -2.44. The van der Waals surface area contributed by atoms with Gasteiger partial charge in [-0.1, -0.05) is 6.07 Å². The maximum Gasteiger partial charge on any atom is 0.290 e. The Hall–Kier alpha value is -1.90. The van der Waals surface area contributed by atoms with Gasteiger partial charge in [0, 0.05) is 11.5 Å². The summed E-state index contributed by atoms with van der Waals surface area (Å²) in [7, 11) is 0. The maximum atomic E-state index is 11.3. The minimum Gasteiger partial charge on any atom is -0.315 e. The smallest absolute Gasteiger partial charge is 0.290 e. The molecule has 2 heterocycles. The van der Waals surface area contributed by atoms with Crippen LogP contribution in [0.2, 0.25) is 0 Å². The Bertz CT molecular complexity index is 491. The Kier molecular flexibility index (Phi) is 1.36. The zero-order valence-corrected chi connectivity index (χ0v) is 7.53. The summed E-state index contributed by atoms with van der Waals surface area (Å²) in [6.07, 6.45) is 1.94. The minimum absolute atomic E-state index is 0.0428. The predicted molar refractivity (Wildman–Crippen MR) is 52.8 cm³/mol. The topological polar surface area (TPSA) is 33.0 Å². The van der Waals surface area contributed by atoms with Gasteiger partial charge in [0.15, 0.2) is 6.20 Å². The quantitative estimate of drug-likeness (QED) is 0.612. The molecule has 0 aliphatic carbocycles. The van der Waals surface area contributed by atoms with Gasteiger partial charge in [-0.05, 0) is 18.2 Å². The van der Waals surface area contributed by atoms with Crippen molar-refractivity contribution < 1.29 is 9.36 Å². The third-order valence-electron chi connectivity index (χ3n) is 2.48. The molecule has 0 atom stereocenters. The standard InChI is InChI=1S/C11H8N2O/c14-10-7-13-6-2-4-8-3-1-5-9(12-10)11(8)13/h1-6H,7H2/p+1. The zero-order chi connectivity index (χ0) is 9.54. The fraction of sp³-hybridized carbons (Fsp3) is 0.0909. The molecule has 1 aromatic heterocycles. The van der Waals surface area contributed by atoms with Gasteiger partial charge in [0.05, 0.1) is 0 Å². The highest BCUT2D eigenvalue weighted by molar-refractivity contribution is 6.00. The van der Waals surface area contributed by atoms with E-state index in [1.807, 2.05) is 41.1 Å². The van der Waals surface area contributed by atoms with Gasteiger partial charge in [-0.2, -0.15) is 4.57 Å². The molecule has 1 aliphatic rings. The molecule has 3 nitrogen and oxygen atoms in total. The van der Waals surface area contributed by atoms with Crippen molar-refractivity contribution in [1.29, 1.82) is 0 Å². The number of benzene rings is 1. The number of nitrogens with one attached hydrogen (secondary N) is 1. The lowest BCUT2D eigenvalue weighted by molar-refractivity contribution is -0.658. The first-order valence-electron chi connectivity index (χ1n) is 4.56. The van der Waals surface area contributed by atoms with Crippen molar-refractivity contribution in [2.24, 2.45) is 0 Å². The average Bonchev–Trinajstić information content (AvgIpc) is 2.18. The molecule has 14 heavy (non-hydrogen) atoms. The van der Waals surface area contributed by atoms with Crippen molar-refractivity contribution in [2.45, 2.75) is 6.54 Å². The van der Waals surface area contributed by atoms with Crippen LogP contribution in [-0.4, -0.2) is 5.91 Å². The van der Waals surface area contributed by atoms with Crippen molar-refractivity contribution in [1.82, 2.24) is 0 Å². The molecule has 0 unspecified atom stereocenters. The minimum atomic E-state index is 0.0428. The third kappa shape index (κ3) is 0.923. The first kappa shape index (κ1) is 7.50. The van der Waals surface area contributed by atoms with Crippen molar-refractivity contribution >= 4 is 22.5 Å². The van der Waals surface area contributed by atoms with E-state index in [0.29, 0.717) is 6.54 Å². The SMILES string of the molecule is O=C1C[n+]2cccc3cccc(c32)N1. The molecule has 68 valence electrons. The van der Waals surface area contributed by atoms with Gasteiger partial charge >= 0.3 is 0 Å². The van der Waals surface area contributed by atoms with E-state index in [1.54, 1.807) is 0 Å². The highest BCUT2D eigenvalue weighted by atomic mass is 16.2. The monoisotopic (exact) mass is 185 g/mol. The molecule has 2 aromatic rings. The fourth-order valence-corrected chi connectivity index (χ4v) is 1.92. The predicted octanol–water partition coefficient (Wildman–Crippen LogP) is 1.08. The lowest BCUT2D eigenvalue weighted by atomic mass is 10.1. The Morgan fingerprint density at radius 1 is 1.21 bits per heavy atom. The van der Waals surface area contributed by atoms with Crippen molar-refractivity contribution in [3.8, 4) is 0 Å². The summed E-state index contributed by atoms with van der Waals surface area (Å²) in [6, 6.07) is 9.94. The Labute approximate surface area is 81.0 Å². The second kappa shape index (κ2) is 2.54. The molecular weight excluding hydrogens is 176 g/mol. The van der Waals surface area contributed by atoms with Gasteiger partial charge in [-0.15, -0.1) is 0 Å². The number of nitrogens with zero attached hydrogens (tertiary/aromatic N) is 1. The van der Waals surface area contributed by atoms with E-state index in [2.05, 4.69) is 5.32 Å². The number of rotatable bonds is 0. The van der Waals surface area contributed by atoms with E-state index >= 15 is 0 Å². The summed E-state index contributed by atoms with van der Waals surface area (Å²) >= 11 is 0. The first-order chi connectivity index (χ1) is 6.84. The number of anilines is 1. The average molecular weight is 185 g/mol. The molecule has 0 fully saturated rings. The summed E-state index contributed by atoms with van der Waals surface area (Å²) in [5.41, 5.74) is 2.01. The van der Waals surface area contributed by atoms with Crippen LogP contribution in [0.5, 0.6) is 0 Å². The molecule has 0 spiro atoms. The number of aromatic nitrogens is 1. The number of hydrogen-bond acceptors (Lipinski definition) is 1. The van der Waals surface area contributed by atoms with Crippen molar-refractivity contribution in [3.63, 3.8) is 0 Å². The summed E-state index contributed by atoms with van der Waals surface area (Å²) in [4.78, 5) is 11.3. The van der Waals surface area contributed by atoms with E-state index in [-0.39, 0.29) is 5.91 Å².